The third-order valence-corrected chi connectivity index (χ3v) is 13.2. The van der Waals surface area contributed by atoms with E-state index in [0.717, 1.165) is 51.4 Å². The first kappa shape index (κ1) is 64.5. The van der Waals surface area contributed by atoms with Gasteiger partial charge in [0.15, 0.2) is 12.6 Å². The minimum Gasteiger partial charge on any atom is -0.394 e. The van der Waals surface area contributed by atoms with Gasteiger partial charge < -0.3 is 65.1 Å². The SMILES string of the molecule is CC/C=C\C/C=C\C/C=C\C/C=C\C/C=C\CC(=O)NC(COC1OC(CO)C(OC2OC(CO)C(O)C(O)C2O)C(O)C1O)C(O)/C=C/CCCCCCCCCCCCCCCCCCCCCC. The van der Waals surface area contributed by atoms with Crippen LogP contribution in [0.1, 0.15) is 187 Å². The van der Waals surface area contributed by atoms with Crippen molar-refractivity contribution < 1.29 is 64.6 Å². The number of aliphatic hydroxyl groups excluding tert-OH is 8. The van der Waals surface area contributed by atoms with Crippen molar-refractivity contribution in [3.63, 3.8) is 0 Å². The summed E-state index contributed by atoms with van der Waals surface area (Å²) in [5.74, 6) is -0.368. The van der Waals surface area contributed by atoms with E-state index >= 15 is 0 Å². The third-order valence-electron chi connectivity index (χ3n) is 13.2. The minimum absolute atomic E-state index is 0.0463. The molecule has 0 bridgehead atoms. The number of hydrogen-bond acceptors (Lipinski definition) is 13. The van der Waals surface area contributed by atoms with Gasteiger partial charge in [0.1, 0.15) is 48.8 Å². The molecular formula is C57H99NO13. The highest BCUT2D eigenvalue weighted by Gasteiger charge is 2.51. The van der Waals surface area contributed by atoms with Crippen LogP contribution in [-0.2, 0) is 23.7 Å². The van der Waals surface area contributed by atoms with Crippen molar-refractivity contribution in [3.05, 3.63) is 72.9 Å². The Morgan fingerprint density at radius 3 is 1.44 bits per heavy atom. The van der Waals surface area contributed by atoms with E-state index in [1.165, 1.54) is 109 Å². The number of nitrogens with one attached hydrogen (secondary N) is 1. The molecule has 2 heterocycles. The van der Waals surface area contributed by atoms with Gasteiger partial charge in [-0.15, -0.1) is 0 Å². The molecule has 12 unspecified atom stereocenters. The van der Waals surface area contributed by atoms with Gasteiger partial charge in [-0.1, -0.05) is 209 Å². The average molecular weight is 1010 g/mol. The lowest BCUT2D eigenvalue weighted by Gasteiger charge is -2.46. The molecule has 410 valence electrons. The van der Waals surface area contributed by atoms with E-state index in [0.29, 0.717) is 6.42 Å². The van der Waals surface area contributed by atoms with Crippen LogP contribution in [-0.4, -0.2) is 140 Å². The number of carbonyl (C=O) groups is 1. The molecule has 0 radical (unpaired) electrons. The van der Waals surface area contributed by atoms with Gasteiger partial charge in [0.2, 0.25) is 5.91 Å². The Morgan fingerprint density at radius 2 is 0.958 bits per heavy atom. The van der Waals surface area contributed by atoms with Gasteiger partial charge in [0, 0.05) is 6.42 Å². The molecule has 14 nitrogen and oxygen atoms in total. The smallest absolute Gasteiger partial charge is 0.224 e. The fourth-order valence-corrected chi connectivity index (χ4v) is 8.71. The van der Waals surface area contributed by atoms with E-state index < -0.39 is 86.8 Å². The molecule has 2 rings (SSSR count). The van der Waals surface area contributed by atoms with Crippen LogP contribution >= 0.6 is 0 Å². The van der Waals surface area contributed by atoms with Crippen molar-refractivity contribution in [2.45, 2.75) is 261 Å². The average Bonchev–Trinajstić information content (AvgIpc) is 3.37. The van der Waals surface area contributed by atoms with Crippen LogP contribution in [0, 0.1) is 0 Å². The van der Waals surface area contributed by atoms with Crippen molar-refractivity contribution in [2.24, 2.45) is 0 Å². The van der Waals surface area contributed by atoms with Gasteiger partial charge in [0.05, 0.1) is 32.0 Å². The Kier molecular flexibility index (Phi) is 38.9. The lowest BCUT2D eigenvalue weighted by Crippen LogP contribution is -2.65. The van der Waals surface area contributed by atoms with Gasteiger partial charge in [-0.3, -0.25) is 4.79 Å². The molecule has 0 spiro atoms. The molecular weight excluding hydrogens is 907 g/mol. The highest BCUT2D eigenvalue weighted by Crippen LogP contribution is 2.30. The van der Waals surface area contributed by atoms with Gasteiger partial charge in [-0.25, -0.2) is 0 Å². The molecule has 2 saturated heterocycles. The molecule has 0 aliphatic carbocycles. The third kappa shape index (κ3) is 29.2. The summed E-state index contributed by atoms with van der Waals surface area (Å²) < 4.78 is 22.7. The summed E-state index contributed by atoms with van der Waals surface area (Å²) in [4.78, 5) is 13.1. The van der Waals surface area contributed by atoms with Gasteiger partial charge in [-0.05, 0) is 44.9 Å². The summed E-state index contributed by atoms with van der Waals surface area (Å²) in [6, 6.07) is -0.972. The zero-order chi connectivity index (χ0) is 51.7. The lowest BCUT2D eigenvalue weighted by atomic mass is 9.97. The molecule has 0 aromatic heterocycles. The molecule has 14 heteroatoms. The number of unbranched alkanes of at least 4 members (excludes halogenated alkanes) is 20. The van der Waals surface area contributed by atoms with Crippen molar-refractivity contribution in [3.8, 4) is 0 Å². The molecule has 0 saturated carbocycles. The van der Waals surface area contributed by atoms with Crippen LogP contribution in [0.15, 0.2) is 72.9 Å². The number of ether oxygens (including phenoxy) is 4. The summed E-state index contributed by atoms with van der Waals surface area (Å²) in [7, 11) is 0. The quantitative estimate of drug-likeness (QED) is 0.0207. The maximum atomic E-state index is 13.1. The Hall–Kier alpha value is -2.57. The molecule has 12 atom stereocenters. The Bertz CT molecular complexity index is 1470. The van der Waals surface area contributed by atoms with E-state index in [1.807, 2.05) is 18.2 Å². The molecule has 1 amide bonds. The maximum Gasteiger partial charge on any atom is 0.224 e. The molecule has 9 N–H and O–H groups in total. The maximum absolute atomic E-state index is 13.1. The zero-order valence-corrected chi connectivity index (χ0v) is 43.7. The van der Waals surface area contributed by atoms with Crippen molar-refractivity contribution in [1.82, 2.24) is 5.32 Å². The van der Waals surface area contributed by atoms with Crippen LogP contribution in [0.25, 0.3) is 0 Å². The summed E-state index contributed by atoms with van der Waals surface area (Å²) >= 11 is 0. The normalized spacial score (nSPS) is 26.3. The largest absolute Gasteiger partial charge is 0.394 e. The first-order valence-electron chi connectivity index (χ1n) is 27.7. The predicted octanol–water partition coefficient (Wildman–Crippen LogP) is 8.38. The van der Waals surface area contributed by atoms with Crippen molar-refractivity contribution in [2.75, 3.05) is 19.8 Å². The van der Waals surface area contributed by atoms with Gasteiger partial charge in [0.25, 0.3) is 0 Å². The summed E-state index contributed by atoms with van der Waals surface area (Å²) in [6.45, 7) is 2.61. The highest BCUT2D eigenvalue weighted by molar-refractivity contribution is 5.77. The number of carbonyl (C=O) groups excluding carboxylic acids is 1. The van der Waals surface area contributed by atoms with E-state index in [9.17, 15) is 45.6 Å². The lowest BCUT2D eigenvalue weighted by molar-refractivity contribution is -0.359. The predicted molar refractivity (Wildman–Crippen MR) is 281 cm³/mol. The van der Waals surface area contributed by atoms with Gasteiger partial charge >= 0.3 is 0 Å². The van der Waals surface area contributed by atoms with Crippen LogP contribution < -0.4 is 5.32 Å². The summed E-state index contributed by atoms with van der Waals surface area (Å²) in [5.41, 5.74) is 0. The highest BCUT2D eigenvalue weighted by atomic mass is 16.7. The summed E-state index contributed by atoms with van der Waals surface area (Å²) in [5, 5.41) is 86.8. The standard InChI is InChI=1S/C57H99NO13/c1-3-5-7-9-11-13-15-17-19-20-21-22-23-24-25-27-28-30-32-34-36-38-40-46(61)45(58-49(62)41-39-37-35-33-31-29-26-18-16-14-12-10-8-6-4-2)44-68-56-54(67)52(65)55(48(43-60)70-56)71-57-53(66)51(64)50(63)47(42-59)69-57/h6,8,12,14,18,26,31,33,37-40,45-48,50-57,59-61,63-67H,3-5,7,9-11,13,15-17,19-25,27-30,32,34-36,41-44H2,1-2H3,(H,58,62)/b8-6-,14-12-,26-18-,33-31-,39-37-,40-38+. The Balaban J connectivity index is 1.83. The molecule has 71 heavy (non-hydrogen) atoms. The minimum atomic E-state index is -1.80. The van der Waals surface area contributed by atoms with Crippen LogP contribution in [0.4, 0.5) is 0 Å². The molecule has 2 fully saturated rings. The first-order chi connectivity index (χ1) is 34.6. The fourth-order valence-electron chi connectivity index (χ4n) is 8.71. The van der Waals surface area contributed by atoms with E-state index in [2.05, 4.69) is 61.7 Å². The van der Waals surface area contributed by atoms with Crippen LogP contribution in [0.2, 0.25) is 0 Å². The first-order valence-corrected chi connectivity index (χ1v) is 27.7. The zero-order valence-electron chi connectivity index (χ0n) is 43.7. The van der Waals surface area contributed by atoms with Crippen LogP contribution in [0.5, 0.6) is 0 Å². The molecule has 2 aliphatic heterocycles. The monoisotopic (exact) mass is 1010 g/mol. The second kappa shape index (κ2) is 42.8. The van der Waals surface area contributed by atoms with Crippen LogP contribution in [0.3, 0.4) is 0 Å². The van der Waals surface area contributed by atoms with E-state index in [4.69, 9.17) is 18.9 Å². The molecule has 2 aliphatic rings. The number of rotatable bonds is 42. The fraction of sp³-hybridized carbons (Fsp3) is 0.772. The van der Waals surface area contributed by atoms with Gasteiger partial charge in [-0.2, -0.15) is 0 Å². The van der Waals surface area contributed by atoms with E-state index in [-0.39, 0.29) is 18.9 Å². The second-order valence-electron chi connectivity index (χ2n) is 19.3. The number of hydrogen-bond donors (Lipinski definition) is 9. The second-order valence-corrected chi connectivity index (χ2v) is 19.3. The van der Waals surface area contributed by atoms with Crippen molar-refractivity contribution >= 4 is 5.91 Å². The molecule has 0 aromatic carbocycles. The van der Waals surface area contributed by atoms with E-state index in [1.54, 1.807) is 12.2 Å². The number of aliphatic hydroxyl groups is 8. The Labute approximate surface area is 428 Å². The number of allylic oxidation sites excluding steroid dienone is 10. The Morgan fingerprint density at radius 1 is 0.521 bits per heavy atom. The number of amides is 1. The molecule has 0 aromatic rings. The summed E-state index contributed by atoms with van der Waals surface area (Å²) in [6.07, 6.45) is 38.3. The van der Waals surface area contributed by atoms with Crippen molar-refractivity contribution in [1.29, 1.82) is 0 Å². The topological polar surface area (TPSA) is 228 Å².